The van der Waals surface area contributed by atoms with Crippen LogP contribution in [0.25, 0.3) is 0 Å². The second-order valence-corrected chi connectivity index (χ2v) is 2.93. The number of rotatable bonds is 0. The summed E-state index contributed by atoms with van der Waals surface area (Å²) in [6.07, 6.45) is 0. The number of benzene rings is 1. The molecule has 0 aliphatic rings. The third-order valence-electron chi connectivity index (χ3n) is 1.18. The molecule has 0 aliphatic carbocycles. The summed E-state index contributed by atoms with van der Waals surface area (Å²) < 4.78 is 0. The minimum Gasteiger partial charge on any atom is -0.398 e. The predicted octanol–water partition coefficient (Wildman–Crippen LogP) is 1.43. The molecule has 0 fully saturated rings. The molecule has 0 spiro atoms. The third-order valence-corrected chi connectivity index (χ3v) is 1.95. The van der Waals surface area contributed by atoms with Crippen LogP contribution in [0, 0.1) is 0 Å². The fourth-order valence-electron chi connectivity index (χ4n) is 0.612. The number of nitrogens with two attached hydrogens (primary N) is 2. The van der Waals surface area contributed by atoms with Gasteiger partial charge in [0.05, 0.1) is 0 Å². The Bertz CT molecular complexity index is 210. The van der Waals surface area contributed by atoms with Crippen LogP contribution in [0.15, 0.2) is 21.9 Å². The van der Waals surface area contributed by atoms with Crippen molar-refractivity contribution < 1.29 is 0 Å². The first-order valence-corrected chi connectivity index (χ1v) is 3.57. The molecule has 0 aromatic heterocycles. The average Bonchev–Trinajstić information content (AvgIpc) is 1.84. The minimum atomic E-state index is 0.582. The largest absolute Gasteiger partial charge is 0.398 e. The zero-order valence-corrected chi connectivity index (χ0v) is 6.99. The van der Waals surface area contributed by atoms with Gasteiger partial charge in [-0.15, -0.1) is 25.3 Å². The van der Waals surface area contributed by atoms with Crippen molar-refractivity contribution >= 4 is 36.6 Å². The number of hydrogen-bond acceptors (Lipinski definition) is 4. The van der Waals surface area contributed by atoms with Crippen LogP contribution in [0.1, 0.15) is 0 Å². The van der Waals surface area contributed by atoms with Crippen LogP contribution in [0.2, 0.25) is 0 Å². The van der Waals surface area contributed by atoms with Crippen LogP contribution in [0.5, 0.6) is 0 Å². The molecule has 0 aliphatic heterocycles. The molecular formula is C6H8N2S2. The van der Waals surface area contributed by atoms with Crippen LogP contribution in [0.4, 0.5) is 11.4 Å². The summed E-state index contributed by atoms with van der Waals surface area (Å²) in [5, 5.41) is 0. The summed E-state index contributed by atoms with van der Waals surface area (Å²) >= 11 is 8.17. The van der Waals surface area contributed by atoms with E-state index < -0.39 is 0 Å². The van der Waals surface area contributed by atoms with E-state index in [4.69, 9.17) is 11.5 Å². The van der Waals surface area contributed by atoms with Crippen LogP contribution in [-0.2, 0) is 0 Å². The van der Waals surface area contributed by atoms with Gasteiger partial charge in [0.2, 0.25) is 0 Å². The lowest BCUT2D eigenvalue weighted by atomic mass is 10.3. The maximum Gasteiger partial charge on any atom is 0.0471 e. The lowest BCUT2D eigenvalue weighted by Crippen LogP contribution is -1.92. The van der Waals surface area contributed by atoms with Crippen molar-refractivity contribution in [3.63, 3.8) is 0 Å². The van der Waals surface area contributed by atoms with Crippen molar-refractivity contribution in [1.29, 1.82) is 0 Å². The van der Waals surface area contributed by atoms with Gasteiger partial charge in [0.15, 0.2) is 0 Å². The first kappa shape index (κ1) is 7.63. The Morgan fingerprint density at radius 2 is 1.30 bits per heavy atom. The van der Waals surface area contributed by atoms with Crippen molar-refractivity contribution in [2.75, 3.05) is 11.5 Å². The molecule has 1 aromatic rings. The summed E-state index contributed by atoms with van der Waals surface area (Å²) in [4.78, 5) is 1.42. The summed E-state index contributed by atoms with van der Waals surface area (Å²) in [7, 11) is 0. The molecule has 0 heterocycles. The van der Waals surface area contributed by atoms with Crippen LogP contribution < -0.4 is 11.5 Å². The molecule has 2 nitrogen and oxygen atoms in total. The second kappa shape index (κ2) is 2.64. The maximum absolute atomic E-state index is 5.50. The molecule has 0 saturated carbocycles. The van der Waals surface area contributed by atoms with Gasteiger partial charge in [-0.05, 0) is 12.1 Å². The molecule has 1 rings (SSSR count). The Labute approximate surface area is 70.4 Å². The lowest BCUT2D eigenvalue weighted by Gasteiger charge is -2.02. The number of anilines is 2. The van der Waals surface area contributed by atoms with E-state index >= 15 is 0 Å². The third kappa shape index (κ3) is 1.33. The summed E-state index contributed by atoms with van der Waals surface area (Å²) in [6.45, 7) is 0. The Hall–Kier alpha value is -0.480. The Balaban J connectivity index is 3.28. The van der Waals surface area contributed by atoms with Gasteiger partial charge in [-0.3, -0.25) is 0 Å². The smallest absolute Gasteiger partial charge is 0.0471 e. The summed E-state index contributed by atoms with van der Waals surface area (Å²) in [5.74, 6) is 0. The van der Waals surface area contributed by atoms with Crippen molar-refractivity contribution in [1.82, 2.24) is 0 Å². The highest BCUT2D eigenvalue weighted by Gasteiger charge is 1.98. The number of thiol groups is 2. The minimum absolute atomic E-state index is 0.582. The van der Waals surface area contributed by atoms with E-state index in [9.17, 15) is 0 Å². The first-order chi connectivity index (χ1) is 4.61. The Morgan fingerprint density at radius 3 is 1.60 bits per heavy atom. The van der Waals surface area contributed by atoms with E-state index in [0.717, 1.165) is 0 Å². The molecule has 54 valence electrons. The molecule has 4 heteroatoms. The van der Waals surface area contributed by atoms with Gasteiger partial charge in [0.1, 0.15) is 0 Å². The molecule has 1 aromatic carbocycles. The second-order valence-electron chi connectivity index (χ2n) is 1.97. The molecular weight excluding hydrogens is 164 g/mol. The van der Waals surface area contributed by atoms with E-state index in [2.05, 4.69) is 25.3 Å². The van der Waals surface area contributed by atoms with Crippen LogP contribution in [-0.4, -0.2) is 0 Å². The van der Waals surface area contributed by atoms with E-state index in [1.807, 2.05) is 0 Å². The summed E-state index contributed by atoms with van der Waals surface area (Å²) in [5.41, 5.74) is 12.2. The van der Waals surface area contributed by atoms with E-state index in [-0.39, 0.29) is 0 Å². The van der Waals surface area contributed by atoms with Crippen molar-refractivity contribution in [2.45, 2.75) is 9.79 Å². The van der Waals surface area contributed by atoms with Crippen LogP contribution in [0.3, 0.4) is 0 Å². The zero-order chi connectivity index (χ0) is 7.72. The fraction of sp³-hybridized carbons (Fsp3) is 0. The van der Waals surface area contributed by atoms with Crippen molar-refractivity contribution in [3.05, 3.63) is 12.1 Å². The standard InChI is InChI=1S/C6H8N2S2/c7-3-1-4(8)6(10)2-5(3)9/h1-2,9-10H,7-8H2. The summed E-state index contributed by atoms with van der Waals surface area (Å²) in [6, 6.07) is 3.36. The average molecular weight is 172 g/mol. The van der Waals surface area contributed by atoms with Gasteiger partial charge >= 0.3 is 0 Å². The first-order valence-electron chi connectivity index (χ1n) is 2.68. The highest BCUT2D eigenvalue weighted by molar-refractivity contribution is 7.81. The zero-order valence-electron chi connectivity index (χ0n) is 5.20. The monoisotopic (exact) mass is 172 g/mol. The topological polar surface area (TPSA) is 52.0 Å². The van der Waals surface area contributed by atoms with Gasteiger partial charge in [0, 0.05) is 21.2 Å². The van der Waals surface area contributed by atoms with Gasteiger partial charge in [-0.2, -0.15) is 0 Å². The van der Waals surface area contributed by atoms with Gasteiger partial charge in [-0.25, -0.2) is 0 Å². The molecule has 10 heavy (non-hydrogen) atoms. The molecule has 0 radical (unpaired) electrons. The Morgan fingerprint density at radius 1 is 0.900 bits per heavy atom. The van der Waals surface area contributed by atoms with Gasteiger partial charge in [0.25, 0.3) is 0 Å². The van der Waals surface area contributed by atoms with Crippen molar-refractivity contribution in [3.8, 4) is 0 Å². The highest BCUT2D eigenvalue weighted by atomic mass is 32.1. The Kier molecular flexibility index (Phi) is 2.01. The van der Waals surface area contributed by atoms with Crippen LogP contribution >= 0.6 is 25.3 Å². The molecule has 0 unspecified atom stereocenters. The molecule has 0 bridgehead atoms. The van der Waals surface area contributed by atoms with E-state index in [1.165, 1.54) is 0 Å². The maximum atomic E-state index is 5.50. The molecule has 0 amide bonds. The lowest BCUT2D eigenvalue weighted by molar-refractivity contribution is 1.36. The van der Waals surface area contributed by atoms with Crippen molar-refractivity contribution in [2.24, 2.45) is 0 Å². The number of hydrogen-bond donors (Lipinski definition) is 4. The van der Waals surface area contributed by atoms with Gasteiger partial charge < -0.3 is 11.5 Å². The highest BCUT2D eigenvalue weighted by Crippen LogP contribution is 2.25. The fourth-order valence-corrected chi connectivity index (χ4v) is 1.10. The predicted molar refractivity (Wildman–Crippen MR) is 49.8 cm³/mol. The normalized spacial score (nSPS) is 9.80. The molecule has 0 atom stereocenters. The van der Waals surface area contributed by atoms with Gasteiger partial charge in [-0.1, -0.05) is 0 Å². The number of nitrogen functional groups attached to an aromatic ring is 2. The quantitative estimate of drug-likeness (QED) is 0.353. The van der Waals surface area contributed by atoms with E-state index in [1.54, 1.807) is 12.1 Å². The molecule has 0 saturated heterocycles. The SMILES string of the molecule is Nc1cc(N)c(S)cc1S. The molecule has 4 N–H and O–H groups in total. The van der Waals surface area contributed by atoms with E-state index in [0.29, 0.717) is 21.2 Å².